The highest BCUT2D eigenvalue weighted by molar-refractivity contribution is 7.89. The third-order valence-corrected chi connectivity index (χ3v) is 6.13. The molecule has 2 aromatic carbocycles. The molecule has 0 spiro atoms. The first-order valence-corrected chi connectivity index (χ1v) is 10.9. The molecule has 1 amide bonds. The summed E-state index contributed by atoms with van der Waals surface area (Å²) in [7, 11) is -2.39. The van der Waals surface area contributed by atoms with Crippen LogP contribution in [0.3, 0.4) is 0 Å². The molecule has 1 aromatic heterocycles. The zero-order valence-electron chi connectivity index (χ0n) is 16.1. The molecule has 0 saturated carbocycles. The minimum atomic E-state index is -3.91. The second-order valence-electron chi connectivity index (χ2n) is 6.35. The van der Waals surface area contributed by atoms with Crippen LogP contribution in [0.5, 0.6) is 5.88 Å². The molecular weight excluding hydrogens is 426 g/mol. The Hall–Kier alpha value is -2.94. The summed E-state index contributed by atoms with van der Waals surface area (Å²) in [6.07, 6.45) is 1.59. The Morgan fingerprint density at radius 3 is 2.47 bits per heavy atom. The highest BCUT2D eigenvalue weighted by Gasteiger charge is 2.20. The number of sulfonamides is 1. The van der Waals surface area contributed by atoms with Gasteiger partial charge in [-0.05, 0) is 29.3 Å². The highest BCUT2D eigenvalue weighted by atomic mass is 35.5. The Kier molecular flexibility index (Phi) is 7.04. The van der Waals surface area contributed by atoms with Crippen molar-refractivity contribution in [3.05, 3.63) is 88.6 Å². The SMILES string of the molecule is COc1ccc(CNC(=O)c2ccc(Cl)c(S(=O)(=O)NCc3ccccc3)c2)cn1. The summed E-state index contributed by atoms with van der Waals surface area (Å²) in [6.45, 7) is 0.340. The van der Waals surface area contributed by atoms with E-state index in [4.69, 9.17) is 16.3 Å². The summed E-state index contributed by atoms with van der Waals surface area (Å²) >= 11 is 6.10. The lowest BCUT2D eigenvalue weighted by Crippen LogP contribution is -2.25. The van der Waals surface area contributed by atoms with E-state index in [0.717, 1.165) is 11.1 Å². The number of methoxy groups -OCH3 is 1. The standard InChI is InChI=1S/C21H20ClN3O4S/c1-29-20-10-7-16(12-23-20)13-24-21(26)17-8-9-18(22)19(11-17)30(27,28)25-14-15-5-3-2-4-6-15/h2-12,25H,13-14H2,1H3,(H,24,26). The molecule has 7 nitrogen and oxygen atoms in total. The Labute approximate surface area is 180 Å². The average Bonchev–Trinajstić information content (AvgIpc) is 2.77. The molecule has 0 atom stereocenters. The van der Waals surface area contributed by atoms with E-state index in [0.29, 0.717) is 5.88 Å². The van der Waals surface area contributed by atoms with E-state index in [9.17, 15) is 13.2 Å². The van der Waals surface area contributed by atoms with Crippen molar-refractivity contribution < 1.29 is 17.9 Å². The largest absolute Gasteiger partial charge is 0.481 e. The van der Waals surface area contributed by atoms with E-state index in [1.165, 1.54) is 25.3 Å². The van der Waals surface area contributed by atoms with Crippen LogP contribution in [-0.4, -0.2) is 26.4 Å². The zero-order valence-corrected chi connectivity index (χ0v) is 17.7. The van der Waals surface area contributed by atoms with Gasteiger partial charge in [-0.15, -0.1) is 0 Å². The molecule has 1 heterocycles. The molecule has 0 unspecified atom stereocenters. The first-order chi connectivity index (χ1) is 14.4. The van der Waals surface area contributed by atoms with Crippen molar-refractivity contribution in [2.75, 3.05) is 7.11 Å². The van der Waals surface area contributed by atoms with E-state index in [-0.39, 0.29) is 28.6 Å². The average molecular weight is 446 g/mol. The molecule has 3 aromatic rings. The summed E-state index contributed by atoms with van der Waals surface area (Å²) in [4.78, 5) is 16.4. The van der Waals surface area contributed by atoms with E-state index in [1.807, 2.05) is 30.3 Å². The maximum atomic E-state index is 12.7. The van der Waals surface area contributed by atoms with Crippen LogP contribution in [0, 0.1) is 0 Å². The molecule has 0 aliphatic heterocycles. The smallest absolute Gasteiger partial charge is 0.251 e. The van der Waals surface area contributed by atoms with Crippen LogP contribution < -0.4 is 14.8 Å². The van der Waals surface area contributed by atoms with E-state index < -0.39 is 15.9 Å². The quantitative estimate of drug-likeness (QED) is 0.555. The minimum Gasteiger partial charge on any atom is -0.481 e. The van der Waals surface area contributed by atoms with Gasteiger partial charge in [0.15, 0.2) is 0 Å². The maximum absolute atomic E-state index is 12.7. The zero-order chi connectivity index (χ0) is 21.6. The molecule has 0 radical (unpaired) electrons. The summed E-state index contributed by atoms with van der Waals surface area (Å²) < 4.78 is 32.9. The third-order valence-electron chi connectivity index (χ3n) is 4.25. The Morgan fingerprint density at radius 1 is 1.03 bits per heavy atom. The van der Waals surface area contributed by atoms with Crippen LogP contribution in [0.15, 0.2) is 71.8 Å². The van der Waals surface area contributed by atoms with Gasteiger partial charge in [0.25, 0.3) is 5.91 Å². The molecule has 30 heavy (non-hydrogen) atoms. The first-order valence-electron chi connectivity index (χ1n) is 8.99. The monoisotopic (exact) mass is 445 g/mol. The van der Waals surface area contributed by atoms with Crippen LogP contribution in [-0.2, 0) is 23.1 Å². The van der Waals surface area contributed by atoms with Crippen LogP contribution in [0.4, 0.5) is 0 Å². The lowest BCUT2D eigenvalue weighted by atomic mass is 10.2. The number of nitrogens with one attached hydrogen (secondary N) is 2. The van der Waals surface area contributed by atoms with Gasteiger partial charge in [-0.25, -0.2) is 18.1 Å². The number of pyridine rings is 1. The predicted molar refractivity (Wildman–Crippen MR) is 114 cm³/mol. The molecule has 156 valence electrons. The predicted octanol–water partition coefficient (Wildman–Crippen LogP) is 3.15. The molecule has 3 rings (SSSR count). The second kappa shape index (κ2) is 9.71. The van der Waals surface area contributed by atoms with E-state index >= 15 is 0 Å². The number of carbonyl (C=O) groups excluding carboxylic acids is 1. The minimum absolute atomic E-state index is 0.0338. The fraction of sp³-hybridized carbons (Fsp3) is 0.143. The Balaban J connectivity index is 1.70. The Bertz CT molecular complexity index is 1120. The van der Waals surface area contributed by atoms with Crippen LogP contribution in [0.1, 0.15) is 21.5 Å². The summed E-state index contributed by atoms with van der Waals surface area (Å²) in [5.41, 5.74) is 1.76. The van der Waals surface area contributed by atoms with Crippen LogP contribution in [0.2, 0.25) is 5.02 Å². The number of carbonyl (C=O) groups is 1. The number of halogens is 1. The fourth-order valence-corrected chi connectivity index (χ4v) is 4.16. The van der Waals surface area contributed by atoms with Gasteiger partial charge in [0.1, 0.15) is 4.90 Å². The number of hydrogen-bond donors (Lipinski definition) is 2. The molecule has 0 saturated heterocycles. The molecule has 0 fully saturated rings. The number of benzene rings is 2. The number of amides is 1. The van der Waals surface area contributed by atoms with Gasteiger partial charge in [0, 0.05) is 30.9 Å². The van der Waals surface area contributed by atoms with Gasteiger partial charge in [0.05, 0.1) is 12.1 Å². The lowest BCUT2D eigenvalue weighted by Gasteiger charge is -2.11. The van der Waals surface area contributed by atoms with Crippen molar-refractivity contribution in [1.82, 2.24) is 15.0 Å². The first kappa shape index (κ1) is 21.8. The molecule has 0 aliphatic carbocycles. The summed E-state index contributed by atoms with van der Waals surface area (Å²) in [6, 6.07) is 16.7. The number of rotatable bonds is 8. The molecule has 0 aliphatic rings. The second-order valence-corrected chi connectivity index (χ2v) is 8.49. The van der Waals surface area contributed by atoms with E-state index in [2.05, 4.69) is 15.0 Å². The maximum Gasteiger partial charge on any atom is 0.251 e. The van der Waals surface area contributed by atoms with Crippen molar-refractivity contribution in [2.45, 2.75) is 18.0 Å². The van der Waals surface area contributed by atoms with Gasteiger partial charge in [-0.1, -0.05) is 48.0 Å². The fourth-order valence-electron chi connectivity index (χ4n) is 2.62. The van der Waals surface area contributed by atoms with Crippen molar-refractivity contribution in [1.29, 1.82) is 0 Å². The lowest BCUT2D eigenvalue weighted by molar-refractivity contribution is 0.0950. The summed E-state index contributed by atoms with van der Waals surface area (Å²) in [5, 5.41) is 2.76. The molecule has 9 heteroatoms. The number of aromatic nitrogens is 1. The molecule has 2 N–H and O–H groups in total. The number of nitrogens with zero attached hydrogens (tertiary/aromatic N) is 1. The molecule has 0 bridgehead atoms. The molecular formula is C21H20ClN3O4S. The third kappa shape index (κ3) is 5.56. The Morgan fingerprint density at radius 2 is 1.80 bits per heavy atom. The number of ether oxygens (including phenoxy) is 1. The van der Waals surface area contributed by atoms with Crippen LogP contribution >= 0.6 is 11.6 Å². The summed E-state index contributed by atoms with van der Waals surface area (Å²) in [5.74, 6) is 0.0441. The van der Waals surface area contributed by atoms with Gasteiger partial charge in [-0.3, -0.25) is 4.79 Å². The highest BCUT2D eigenvalue weighted by Crippen LogP contribution is 2.23. The van der Waals surface area contributed by atoms with Gasteiger partial charge in [0.2, 0.25) is 15.9 Å². The van der Waals surface area contributed by atoms with Gasteiger partial charge >= 0.3 is 0 Å². The van der Waals surface area contributed by atoms with Crippen molar-refractivity contribution >= 4 is 27.5 Å². The topological polar surface area (TPSA) is 97.4 Å². The van der Waals surface area contributed by atoms with Crippen molar-refractivity contribution in [3.63, 3.8) is 0 Å². The van der Waals surface area contributed by atoms with Gasteiger partial charge < -0.3 is 10.1 Å². The normalized spacial score (nSPS) is 11.1. The number of hydrogen-bond acceptors (Lipinski definition) is 5. The van der Waals surface area contributed by atoms with Gasteiger partial charge in [-0.2, -0.15) is 0 Å². The van der Waals surface area contributed by atoms with Crippen molar-refractivity contribution in [2.24, 2.45) is 0 Å². The van der Waals surface area contributed by atoms with Crippen molar-refractivity contribution in [3.8, 4) is 5.88 Å². The van der Waals surface area contributed by atoms with Crippen LogP contribution in [0.25, 0.3) is 0 Å². The van der Waals surface area contributed by atoms with E-state index in [1.54, 1.807) is 18.3 Å².